The van der Waals surface area contributed by atoms with Crippen LogP contribution in [-0.4, -0.2) is 27.3 Å². The van der Waals surface area contributed by atoms with E-state index in [4.69, 9.17) is 11.6 Å². The zero-order valence-corrected chi connectivity index (χ0v) is 15.9. The number of hydrogen-bond donors (Lipinski definition) is 2. The Balaban J connectivity index is 1.34. The van der Waals surface area contributed by atoms with Crippen molar-refractivity contribution in [2.75, 3.05) is 11.9 Å². The molecule has 5 nitrogen and oxygen atoms in total. The molecule has 0 radical (unpaired) electrons. The number of carbonyl (C=O) groups excluding carboxylic acids is 1. The number of ketones is 1. The molecule has 0 fully saturated rings. The molecule has 2 aromatic carbocycles. The first-order valence-electron chi connectivity index (χ1n) is 9.07. The van der Waals surface area contributed by atoms with Crippen molar-refractivity contribution in [2.45, 2.75) is 12.8 Å². The highest BCUT2D eigenvalue weighted by Crippen LogP contribution is 2.25. The molecule has 0 bridgehead atoms. The maximum Gasteiger partial charge on any atom is 0.152 e. The molecule has 0 spiro atoms. The number of H-pyrrole nitrogens is 1. The number of Topliss-reactive ketones (excluding diaryl/α,β-unsaturated/α-hetero) is 1. The van der Waals surface area contributed by atoms with Crippen LogP contribution in [0.5, 0.6) is 0 Å². The van der Waals surface area contributed by atoms with Gasteiger partial charge in [-0.3, -0.25) is 4.79 Å². The van der Waals surface area contributed by atoms with Gasteiger partial charge < -0.3 is 10.3 Å². The third kappa shape index (κ3) is 4.21. The van der Waals surface area contributed by atoms with Gasteiger partial charge in [0.1, 0.15) is 12.0 Å². The lowest BCUT2D eigenvalue weighted by atomic mass is 10.0. The molecule has 140 valence electrons. The van der Waals surface area contributed by atoms with E-state index in [-0.39, 0.29) is 5.78 Å². The van der Waals surface area contributed by atoms with Crippen LogP contribution in [0.2, 0.25) is 5.02 Å². The Labute approximate surface area is 167 Å². The first-order chi connectivity index (χ1) is 13.7. The van der Waals surface area contributed by atoms with Crippen LogP contribution in [0.25, 0.3) is 22.3 Å². The minimum absolute atomic E-state index is 0.161. The third-order valence-electron chi connectivity index (χ3n) is 4.59. The molecule has 4 rings (SSSR count). The zero-order valence-electron chi connectivity index (χ0n) is 15.2. The number of aryl methyl sites for hydroxylation is 1. The van der Waals surface area contributed by atoms with E-state index in [2.05, 4.69) is 20.3 Å². The van der Waals surface area contributed by atoms with Crippen LogP contribution < -0.4 is 5.32 Å². The fourth-order valence-corrected chi connectivity index (χ4v) is 3.29. The van der Waals surface area contributed by atoms with Crippen LogP contribution in [0, 0.1) is 0 Å². The third-order valence-corrected chi connectivity index (χ3v) is 4.82. The zero-order chi connectivity index (χ0) is 19.3. The SMILES string of the molecule is O=C(CCc1ccc(-c2ncnc3[nH]ccc23)cc1)CNc1cccc(Cl)c1. The minimum atomic E-state index is 0.161. The van der Waals surface area contributed by atoms with Gasteiger partial charge in [-0.1, -0.05) is 41.9 Å². The van der Waals surface area contributed by atoms with Gasteiger partial charge in [0.25, 0.3) is 0 Å². The fraction of sp³-hybridized carbons (Fsp3) is 0.136. The van der Waals surface area contributed by atoms with E-state index >= 15 is 0 Å². The van der Waals surface area contributed by atoms with Crippen molar-refractivity contribution in [3.63, 3.8) is 0 Å². The van der Waals surface area contributed by atoms with E-state index in [1.54, 1.807) is 12.4 Å². The van der Waals surface area contributed by atoms with Crippen molar-refractivity contribution in [3.8, 4) is 11.3 Å². The quantitative estimate of drug-likeness (QED) is 0.471. The van der Waals surface area contributed by atoms with E-state index in [0.29, 0.717) is 24.4 Å². The number of nitrogens with zero attached hydrogens (tertiary/aromatic N) is 2. The molecule has 2 N–H and O–H groups in total. The first-order valence-corrected chi connectivity index (χ1v) is 9.45. The number of aromatic nitrogens is 3. The number of halogens is 1. The molecular formula is C22H19ClN4O. The Morgan fingerprint density at radius 2 is 1.93 bits per heavy atom. The highest BCUT2D eigenvalue weighted by Gasteiger charge is 2.08. The Bertz CT molecular complexity index is 1100. The molecule has 4 aromatic rings. The summed E-state index contributed by atoms with van der Waals surface area (Å²) in [4.78, 5) is 23.9. The van der Waals surface area contributed by atoms with Crippen LogP contribution in [0.3, 0.4) is 0 Å². The van der Waals surface area contributed by atoms with Gasteiger partial charge in [0, 0.05) is 34.3 Å². The van der Waals surface area contributed by atoms with Gasteiger partial charge in [-0.05, 0) is 36.2 Å². The van der Waals surface area contributed by atoms with Gasteiger partial charge in [0.15, 0.2) is 5.78 Å². The maximum atomic E-state index is 12.2. The summed E-state index contributed by atoms with van der Waals surface area (Å²) in [5.41, 5.74) is 4.74. The molecule has 2 heterocycles. The molecular weight excluding hydrogens is 372 g/mol. The van der Waals surface area contributed by atoms with Crippen molar-refractivity contribution >= 4 is 34.1 Å². The predicted octanol–water partition coefficient (Wildman–Crippen LogP) is 4.89. The summed E-state index contributed by atoms with van der Waals surface area (Å²) in [7, 11) is 0. The predicted molar refractivity (Wildman–Crippen MR) is 113 cm³/mol. The van der Waals surface area contributed by atoms with Gasteiger partial charge in [-0.2, -0.15) is 0 Å². The number of anilines is 1. The van der Waals surface area contributed by atoms with Crippen LogP contribution >= 0.6 is 11.6 Å². The topological polar surface area (TPSA) is 70.7 Å². The average molecular weight is 391 g/mol. The van der Waals surface area contributed by atoms with Crippen LogP contribution in [0.1, 0.15) is 12.0 Å². The molecule has 0 amide bonds. The minimum Gasteiger partial charge on any atom is -0.378 e. The lowest BCUT2D eigenvalue weighted by Crippen LogP contribution is -2.14. The number of carbonyl (C=O) groups is 1. The van der Waals surface area contributed by atoms with Gasteiger partial charge in [0.2, 0.25) is 0 Å². The molecule has 0 aliphatic rings. The van der Waals surface area contributed by atoms with Gasteiger partial charge in [0.05, 0.1) is 12.2 Å². The summed E-state index contributed by atoms with van der Waals surface area (Å²) in [6.07, 6.45) is 4.62. The van der Waals surface area contributed by atoms with E-state index in [9.17, 15) is 4.79 Å². The van der Waals surface area contributed by atoms with E-state index in [1.807, 2.05) is 54.7 Å². The van der Waals surface area contributed by atoms with Crippen LogP contribution in [0.15, 0.2) is 67.1 Å². The van der Waals surface area contributed by atoms with Crippen molar-refractivity contribution in [3.05, 3.63) is 77.7 Å². The molecule has 0 atom stereocenters. The number of fused-ring (bicyclic) bond motifs is 1. The van der Waals surface area contributed by atoms with Crippen molar-refractivity contribution in [1.82, 2.24) is 15.0 Å². The molecule has 6 heteroatoms. The molecule has 28 heavy (non-hydrogen) atoms. The van der Waals surface area contributed by atoms with Crippen LogP contribution in [0.4, 0.5) is 5.69 Å². The molecule has 0 aliphatic carbocycles. The normalized spacial score (nSPS) is 10.9. The number of benzene rings is 2. The second-order valence-corrected chi connectivity index (χ2v) is 7.00. The molecule has 0 unspecified atom stereocenters. The van der Waals surface area contributed by atoms with Crippen LogP contribution in [-0.2, 0) is 11.2 Å². The Morgan fingerprint density at radius 3 is 2.75 bits per heavy atom. The average Bonchev–Trinajstić information content (AvgIpc) is 3.20. The summed E-state index contributed by atoms with van der Waals surface area (Å²) in [5, 5.41) is 4.76. The lowest BCUT2D eigenvalue weighted by molar-refractivity contribution is -0.117. The second-order valence-electron chi connectivity index (χ2n) is 6.56. The van der Waals surface area contributed by atoms with Crippen molar-refractivity contribution < 1.29 is 4.79 Å². The summed E-state index contributed by atoms with van der Waals surface area (Å²) in [5.74, 6) is 0.161. The smallest absolute Gasteiger partial charge is 0.152 e. The Morgan fingerprint density at radius 1 is 1.07 bits per heavy atom. The molecule has 0 saturated carbocycles. The van der Waals surface area contributed by atoms with E-state index in [0.717, 1.165) is 33.5 Å². The fourth-order valence-electron chi connectivity index (χ4n) is 3.10. The highest BCUT2D eigenvalue weighted by atomic mass is 35.5. The summed E-state index contributed by atoms with van der Waals surface area (Å²) >= 11 is 5.95. The molecule has 0 aliphatic heterocycles. The highest BCUT2D eigenvalue weighted by molar-refractivity contribution is 6.30. The van der Waals surface area contributed by atoms with Gasteiger partial charge in [-0.15, -0.1) is 0 Å². The standard InChI is InChI=1S/C22H19ClN4O/c23-17-2-1-3-18(12-17)25-13-19(28)9-6-15-4-7-16(8-5-15)21-20-10-11-24-22(20)27-14-26-21/h1-5,7-8,10-12,14,25H,6,9,13H2,(H,24,26,27). The van der Waals surface area contributed by atoms with E-state index in [1.165, 1.54) is 0 Å². The number of aromatic amines is 1. The first kappa shape index (κ1) is 18.2. The Hall–Kier alpha value is -3.18. The maximum absolute atomic E-state index is 12.2. The largest absolute Gasteiger partial charge is 0.378 e. The van der Waals surface area contributed by atoms with Gasteiger partial charge in [-0.25, -0.2) is 9.97 Å². The summed E-state index contributed by atoms with van der Waals surface area (Å²) < 4.78 is 0. The summed E-state index contributed by atoms with van der Waals surface area (Å²) in [6, 6.07) is 17.5. The summed E-state index contributed by atoms with van der Waals surface area (Å²) in [6.45, 7) is 0.296. The van der Waals surface area contributed by atoms with E-state index < -0.39 is 0 Å². The van der Waals surface area contributed by atoms with Gasteiger partial charge >= 0.3 is 0 Å². The monoisotopic (exact) mass is 390 g/mol. The number of rotatable bonds is 7. The number of hydrogen-bond acceptors (Lipinski definition) is 4. The molecule has 2 aromatic heterocycles. The van der Waals surface area contributed by atoms with Crippen molar-refractivity contribution in [1.29, 1.82) is 0 Å². The van der Waals surface area contributed by atoms with Crippen molar-refractivity contribution in [2.24, 2.45) is 0 Å². The molecule has 0 saturated heterocycles. The lowest BCUT2D eigenvalue weighted by Gasteiger charge is -2.07. The second kappa shape index (κ2) is 8.23. The number of nitrogens with one attached hydrogen (secondary N) is 2. The Kier molecular flexibility index (Phi) is 5.35.